The number of nitrogens with one attached hydrogen (secondary N) is 2. The third-order valence-corrected chi connectivity index (χ3v) is 4.91. The normalized spacial score (nSPS) is 16.7. The van der Waals surface area contributed by atoms with Crippen LogP contribution >= 0.6 is 0 Å². The van der Waals surface area contributed by atoms with Crippen LogP contribution in [-0.2, 0) is 14.3 Å². The van der Waals surface area contributed by atoms with E-state index in [1.807, 2.05) is 14.0 Å². The Balaban J connectivity index is 0.000000186. The van der Waals surface area contributed by atoms with Crippen LogP contribution in [0.4, 0.5) is 24.7 Å². The van der Waals surface area contributed by atoms with Gasteiger partial charge < -0.3 is 20.1 Å². The molecule has 1 atom stereocenters. The van der Waals surface area contributed by atoms with Crippen molar-refractivity contribution < 1.29 is 32.2 Å². The van der Waals surface area contributed by atoms with E-state index in [0.29, 0.717) is 37.0 Å². The molecular formula is C21H23F3N4O4. The van der Waals surface area contributed by atoms with Crippen molar-refractivity contribution in [2.75, 3.05) is 37.0 Å². The first kappa shape index (κ1) is 23.5. The van der Waals surface area contributed by atoms with Crippen molar-refractivity contribution in [3.63, 3.8) is 0 Å². The van der Waals surface area contributed by atoms with Crippen molar-refractivity contribution in [3.8, 4) is 5.75 Å². The average molecular weight is 452 g/mol. The summed E-state index contributed by atoms with van der Waals surface area (Å²) in [7, 11) is 1.82. The van der Waals surface area contributed by atoms with E-state index in [4.69, 9.17) is 4.74 Å². The molecule has 4 rings (SSSR count). The molecular weight excluding hydrogens is 429 g/mol. The lowest BCUT2D eigenvalue weighted by molar-refractivity contribution is -0.274. The molecule has 1 aromatic heterocycles. The number of pyridine rings is 1. The van der Waals surface area contributed by atoms with Gasteiger partial charge in [-0.2, -0.15) is 0 Å². The highest BCUT2D eigenvalue weighted by Gasteiger charge is 2.32. The Morgan fingerprint density at radius 1 is 1.31 bits per heavy atom. The van der Waals surface area contributed by atoms with Crippen molar-refractivity contribution >= 4 is 23.8 Å². The zero-order chi connectivity index (χ0) is 23.3. The van der Waals surface area contributed by atoms with Crippen molar-refractivity contribution in [1.82, 2.24) is 10.3 Å². The number of halogens is 3. The number of carbonyl (C=O) groups excluding carboxylic acids is 2. The number of ether oxygens (including phenoxy) is 2. The van der Waals surface area contributed by atoms with Crippen molar-refractivity contribution in [2.45, 2.75) is 19.3 Å². The summed E-state index contributed by atoms with van der Waals surface area (Å²) in [6.45, 7) is 3.25. The SMILES string of the molecule is CNC(c1ccc(OC(F)(F)F)cc1)C1COC1.Cc1cnc2c(c1)NC(=O)CN2C=O. The van der Waals surface area contributed by atoms with E-state index in [-0.39, 0.29) is 24.2 Å². The first-order chi connectivity index (χ1) is 15.2. The molecule has 2 aromatic rings. The predicted octanol–water partition coefficient (Wildman–Crippen LogP) is 2.80. The number of nitrogens with zero attached hydrogens (tertiary/aromatic N) is 2. The van der Waals surface area contributed by atoms with Crippen LogP contribution in [0.25, 0.3) is 0 Å². The van der Waals surface area contributed by atoms with Crippen LogP contribution in [0.1, 0.15) is 17.2 Å². The van der Waals surface area contributed by atoms with Crippen LogP contribution in [0.3, 0.4) is 0 Å². The number of fused-ring (bicyclic) bond motifs is 1. The molecule has 1 aromatic carbocycles. The van der Waals surface area contributed by atoms with Gasteiger partial charge in [-0.3, -0.25) is 14.5 Å². The van der Waals surface area contributed by atoms with Crippen LogP contribution in [0.5, 0.6) is 5.75 Å². The van der Waals surface area contributed by atoms with Gasteiger partial charge in [0.1, 0.15) is 12.3 Å². The van der Waals surface area contributed by atoms with Crippen molar-refractivity contribution in [2.24, 2.45) is 5.92 Å². The fourth-order valence-corrected chi connectivity index (χ4v) is 3.39. The summed E-state index contributed by atoms with van der Waals surface area (Å²) in [6, 6.07) is 7.81. The number of carbonyl (C=O) groups is 2. The predicted molar refractivity (Wildman–Crippen MR) is 110 cm³/mol. The summed E-state index contributed by atoms with van der Waals surface area (Å²) in [4.78, 5) is 27.2. The summed E-state index contributed by atoms with van der Waals surface area (Å²) >= 11 is 0. The fraction of sp³-hybridized carbons (Fsp3) is 0.381. The zero-order valence-electron chi connectivity index (χ0n) is 17.5. The van der Waals surface area contributed by atoms with Crippen LogP contribution < -0.4 is 20.3 Å². The summed E-state index contributed by atoms with van der Waals surface area (Å²) in [5.74, 6) is 0.470. The lowest BCUT2D eigenvalue weighted by Crippen LogP contribution is -2.38. The highest BCUT2D eigenvalue weighted by Crippen LogP contribution is 2.30. The van der Waals surface area contributed by atoms with E-state index < -0.39 is 6.36 Å². The van der Waals surface area contributed by atoms with Gasteiger partial charge in [0, 0.05) is 18.2 Å². The minimum Gasteiger partial charge on any atom is -0.406 e. The van der Waals surface area contributed by atoms with Gasteiger partial charge in [-0.05, 0) is 43.3 Å². The number of anilines is 2. The smallest absolute Gasteiger partial charge is 0.406 e. The zero-order valence-corrected chi connectivity index (χ0v) is 17.5. The number of aryl methyl sites for hydroxylation is 1. The Hall–Kier alpha value is -3.18. The van der Waals surface area contributed by atoms with Crippen LogP contribution in [-0.4, -0.2) is 50.5 Å². The molecule has 2 aliphatic rings. The van der Waals surface area contributed by atoms with Gasteiger partial charge in [0.25, 0.3) is 0 Å². The lowest BCUT2D eigenvalue weighted by Gasteiger charge is -2.33. The third-order valence-electron chi connectivity index (χ3n) is 4.91. The second kappa shape index (κ2) is 9.96. The Morgan fingerprint density at radius 3 is 2.53 bits per heavy atom. The first-order valence-electron chi connectivity index (χ1n) is 9.79. The quantitative estimate of drug-likeness (QED) is 0.678. The fourth-order valence-electron chi connectivity index (χ4n) is 3.39. The van der Waals surface area contributed by atoms with E-state index >= 15 is 0 Å². The van der Waals surface area contributed by atoms with Crippen LogP contribution in [0.2, 0.25) is 0 Å². The maximum absolute atomic E-state index is 12.0. The molecule has 1 saturated heterocycles. The minimum absolute atomic E-state index is 0.0343. The summed E-state index contributed by atoms with van der Waals surface area (Å²) in [5.41, 5.74) is 2.46. The second-order valence-electron chi connectivity index (χ2n) is 7.35. The molecule has 2 amide bonds. The van der Waals surface area contributed by atoms with Gasteiger partial charge >= 0.3 is 6.36 Å². The molecule has 1 fully saturated rings. The van der Waals surface area contributed by atoms with Gasteiger partial charge in [0.2, 0.25) is 12.3 Å². The number of hydrogen-bond donors (Lipinski definition) is 2. The number of aromatic nitrogens is 1. The highest BCUT2D eigenvalue weighted by atomic mass is 19.4. The minimum atomic E-state index is -4.65. The maximum atomic E-state index is 12.0. The molecule has 0 aliphatic carbocycles. The number of alkyl halides is 3. The summed E-state index contributed by atoms with van der Waals surface area (Å²) in [6.07, 6.45) is -2.38. The first-order valence-corrected chi connectivity index (χ1v) is 9.79. The third kappa shape index (κ3) is 5.95. The van der Waals surface area contributed by atoms with E-state index in [9.17, 15) is 22.8 Å². The molecule has 2 aliphatic heterocycles. The Bertz CT molecular complexity index is 949. The molecule has 2 N–H and O–H groups in total. The van der Waals surface area contributed by atoms with E-state index in [1.165, 1.54) is 17.0 Å². The molecule has 8 nitrogen and oxygen atoms in total. The Labute approximate surface area is 182 Å². The highest BCUT2D eigenvalue weighted by molar-refractivity contribution is 6.04. The van der Waals surface area contributed by atoms with Gasteiger partial charge in [-0.25, -0.2) is 4.98 Å². The summed E-state index contributed by atoms with van der Waals surface area (Å²) in [5, 5.41) is 5.81. The molecule has 3 heterocycles. The molecule has 0 saturated carbocycles. The van der Waals surface area contributed by atoms with Crippen molar-refractivity contribution in [1.29, 1.82) is 0 Å². The molecule has 0 bridgehead atoms. The van der Waals surface area contributed by atoms with E-state index in [2.05, 4.69) is 20.4 Å². The number of benzene rings is 1. The van der Waals surface area contributed by atoms with Gasteiger partial charge in [-0.15, -0.1) is 13.2 Å². The average Bonchev–Trinajstić information content (AvgIpc) is 2.69. The topological polar surface area (TPSA) is 92.8 Å². The van der Waals surface area contributed by atoms with E-state index in [1.54, 1.807) is 24.4 Å². The molecule has 0 spiro atoms. The van der Waals surface area contributed by atoms with Crippen molar-refractivity contribution in [3.05, 3.63) is 47.7 Å². The second-order valence-corrected chi connectivity index (χ2v) is 7.35. The van der Waals surface area contributed by atoms with E-state index in [0.717, 1.165) is 11.1 Å². The number of hydrogen-bond acceptors (Lipinski definition) is 6. The van der Waals surface area contributed by atoms with Crippen LogP contribution in [0.15, 0.2) is 36.5 Å². The Kier molecular flexibility index (Phi) is 7.31. The number of amides is 2. The van der Waals surface area contributed by atoms with Gasteiger partial charge in [-0.1, -0.05) is 12.1 Å². The maximum Gasteiger partial charge on any atom is 0.573 e. The van der Waals surface area contributed by atoms with Crippen LogP contribution in [0, 0.1) is 12.8 Å². The largest absolute Gasteiger partial charge is 0.573 e. The summed E-state index contributed by atoms with van der Waals surface area (Å²) < 4.78 is 45.0. The monoisotopic (exact) mass is 452 g/mol. The number of rotatable bonds is 5. The molecule has 11 heteroatoms. The lowest BCUT2D eigenvalue weighted by atomic mass is 9.92. The molecule has 32 heavy (non-hydrogen) atoms. The van der Waals surface area contributed by atoms with Gasteiger partial charge in [0.15, 0.2) is 5.82 Å². The molecule has 1 unspecified atom stereocenters. The standard InChI is InChI=1S/C12H14F3NO2.C9H9N3O2/c1-16-11(9-6-17-7-9)8-2-4-10(5-3-8)18-12(13,14)15;1-6-2-7-9(10-3-6)12(5-13)4-8(14)11-7/h2-5,9,11,16H,6-7H2,1H3;2-3,5H,4H2,1H3,(H,11,14). The Morgan fingerprint density at radius 2 is 2.00 bits per heavy atom. The van der Waals surface area contributed by atoms with Gasteiger partial charge in [0.05, 0.1) is 18.9 Å². The molecule has 0 radical (unpaired) electrons. The molecule has 172 valence electrons.